The van der Waals surface area contributed by atoms with Crippen molar-refractivity contribution in [2.24, 2.45) is 0 Å². The van der Waals surface area contributed by atoms with Crippen LogP contribution >= 0.6 is 23.1 Å². The molecule has 0 aliphatic heterocycles. The summed E-state index contributed by atoms with van der Waals surface area (Å²) < 4.78 is 15.2. The molecular formula is C17H15FN6OS2. The van der Waals surface area contributed by atoms with Gasteiger partial charge in [0.15, 0.2) is 5.82 Å². The van der Waals surface area contributed by atoms with Crippen molar-refractivity contribution < 1.29 is 4.39 Å². The van der Waals surface area contributed by atoms with Gasteiger partial charge < -0.3 is 10.8 Å². The zero-order valence-corrected chi connectivity index (χ0v) is 16.1. The highest BCUT2D eigenvalue weighted by Crippen LogP contribution is 2.28. The van der Waals surface area contributed by atoms with Crippen LogP contribution in [-0.2, 0) is 5.75 Å². The molecule has 3 heterocycles. The quantitative estimate of drug-likeness (QED) is 0.402. The van der Waals surface area contributed by atoms with Gasteiger partial charge in [0.1, 0.15) is 16.5 Å². The van der Waals surface area contributed by atoms with Gasteiger partial charge in [-0.25, -0.2) is 14.1 Å². The summed E-state index contributed by atoms with van der Waals surface area (Å²) in [6, 6.07) is 6.23. The Labute approximate surface area is 161 Å². The molecule has 0 aliphatic rings. The van der Waals surface area contributed by atoms with Crippen molar-refractivity contribution in [3.05, 3.63) is 56.7 Å². The van der Waals surface area contributed by atoms with Gasteiger partial charge in [0.2, 0.25) is 5.16 Å². The van der Waals surface area contributed by atoms with Crippen LogP contribution in [0.5, 0.6) is 0 Å². The Balaban J connectivity index is 1.61. The third-order valence-corrected chi connectivity index (χ3v) is 6.26. The predicted octanol–water partition coefficient (Wildman–Crippen LogP) is 3.01. The molecule has 0 radical (unpaired) electrons. The van der Waals surface area contributed by atoms with E-state index in [1.807, 2.05) is 13.8 Å². The van der Waals surface area contributed by atoms with Crippen LogP contribution in [0.4, 0.5) is 4.39 Å². The molecule has 0 atom stereocenters. The third-order valence-electron chi connectivity index (χ3n) is 4.21. The SMILES string of the molecule is Cc1sc2nc(CSc3nnc(-c4ccccc4F)n3N)[nH]c(=O)c2c1C. The topological polar surface area (TPSA) is 102 Å². The number of nitrogens with two attached hydrogens (primary N) is 1. The lowest BCUT2D eigenvalue weighted by Gasteiger charge is -2.04. The summed E-state index contributed by atoms with van der Waals surface area (Å²) >= 11 is 2.76. The van der Waals surface area contributed by atoms with Gasteiger partial charge in [0.05, 0.1) is 16.7 Å². The number of aryl methyl sites for hydroxylation is 2. The second-order valence-electron chi connectivity index (χ2n) is 5.92. The van der Waals surface area contributed by atoms with Gasteiger partial charge in [-0.2, -0.15) is 0 Å². The Hall–Kier alpha value is -2.72. The molecule has 0 unspecified atom stereocenters. The summed E-state index contributed by atoms with van der Waals surface area (Å²) in [5.41, 5.74) is 1.08. The van der Waals surface area contributed by atoms with Gasteiger partial charge in [0, 0.05) is 4.88 Å². The Morgan fingerprint density at radius 1 is 1.30 bits per heavy atom. The monoisotopic (exact) mass is 402 g/mol. The maximum atomic E-state index is 14.0. The van der Waals surface area contributed by atoms with Crippen LogP contribution in [0.25, 0.3) is 21.6 Å². The molecule has 3 N–H and O–H groups in total. The number of thioether (sulfide) groups is 1. The van der Waals surface area contributed by atoms with E-state index in [4.69, 9.17) is 5.84 Å². The lowest BCUT2D eigenvalue weighted by Crippen LogP contribution is -2.13. The van der Waals surface area contributed by atoms with E-state index < -0.39 is 5.82 Å². The van der Waals surface area contributed by atoms with E-state index in [0.717, 1.165) is 10.4 Å². The van der Waals surface area contributed by atoms with E-state index in [1.165, 1.54) is 33.8 Å². The van der Waals surface area contributed by atoms with Crippen LogP contribution in [0.3, 0.4) is 0 Å². The molecule has 4 aromatic rings. The summed E-state index contributed by atoms with van der Waals surface area (Å²) in [4.78, 5) is 21.5. The fourth-order valence-corrected chi connectivity index (χ4v) is 4.48. The number of aromatic amines is 1. The molecule has 0 bridgehead atoms. The highest BCUT2D eigenvalue weighted by Gasteiger charge is 2.16. The average Bonchev–Trinajstić information content (AvgIpc) is 3.14. The first-order valence-electron chi connectivity index (χ1n) is 8.02. The number of hydrogen-bond donors (Lipinski definition) is 2. The van der Waals surface area contributed by atoms with Gasteiger partial charge in [0.25, 0.3) is 5.56 Å². The average molecular weight is 402 g/mol. The van der Waals surface area contributed by atoms with Crippen LogP contribution < -0.4 is 11.4 Å². The molecule has 27 heavy (non-hydrogen) atoms. The summed E-state index contributed by atoms with van der Waals surface area (Å²) in [6.45, 7) is 3.89. The summed E-state index contributed by atoms with van der Waals surface area (Å²) in [5, 5.41) is 9.03. The molecule has 0 spiro atoms. The van der Waals surface area contributed by atoms with Gasteiger partial charge in [-0.3, -0.25) is 4.79 Å². The fraction of sp³-hybridized carbons (Fsp3) is 0.176. The van der Waals surface area contributed by atoms with E-state index in [9.17, 15) is 9.18 Å². The van der Waals surface area contributed by atoms with Crippen LogP contribution in [0, 0.1) is 19.7 Å². The highest BCUT2D eigenvalue weighted by atomic mass is 32.2. The summed E-state index contributed by atoms with van der Waals surface area (Å²) in [5.74, 6) is 6.71. The predicted molar refractivity (Wildman–Crippen MR) is 105 cm³/mol. The van der Waals surface area contributed by atoms with Crippen molar-refractivity contribution in [2.75, 3.05) is 5.84 Å². The van der Waals surface area contributed by atoms with E-state index in [0.29, 0.717) is 27.0 Å². The number of H-pyrrole nitrogens is 1. The maximum absolute atomic E-state index is 14.0. The number of halogens is 1. The minimum Gasteiger partial charge on any atom is -0.335 e. The van der Waals surface area contributed by atoms with Gasteiger partial charge >= 0.3 is 0 Å². The van der Waals surface area contributed by atoms with Crippen LogP contribution in [0.1, 0.15) is 16.3 Å². The van der Waals surface area contributed by atoms with Crippen molar-refractivity contribution in [3.63, 3.8) is 0 Å². The molecule has 1 aromatic carbocycles. The van der Waals surface area contributed by atoms with Gasteiger partial charge in [-0.1, -0.05) is 23.9 Å². The largest absolute Gasteiger partial charge is 0.335 e. The number of hydrogen-bond acceptors (Lipinski definition) is 7. The van der Waals surface area contributed by atoms with Crippen molar-refractivity contribution >= 4 is 33.3 Å². The molecule has 0 saturated carbocycles. The fourth-order valence-electron chi connectivity index (χ4n) is 2.70. The first-order chi connectivity index (χ1) is 13.0. The number of aromatic nitrogens is 5. The molecule has 0 saturated heterocycles. The van der Waals surface area contributed by atoms with Gasteiger partial charge in [-0.05, 0) is 31.5 Å². The lowest BCUT2D eigenvalue weighted by molar-refractivity contribution is 0.629. The van der Waals surface area contributed by atoms with Crippen molar-refractivity contribution in [1.82, 2.24) is 24.8 Å². The molecular weight excluding hydrogens is 387 g/mol. The van der Waals surface area contributed by atoms with E-state index in [2.05, 4.69) is 20.2 Å². The van der Waals surface area contributed by atoms with E-state index in [-0.39, 0.29) is 16.9 Å². The smallest absolute Gasteiger partial charge is 0.259 e. The zero-order chi connectivity index (χ0) is 19.1. The Morgan fingerprint density at radius 2 is 2.07 bits per heavy atom. The zero-order valence-electron chi connectivity index (χ0n) is 14.5. The molecule has 138 valence electrons. The number of benzene rings is 1. The summed E-state index contributed by atoms with van der Waals surface area (Å²) in [6.07, 6.45) is 0. The second kappa shape index (κ2) is 6.78. The maximum Gasteiger partial charge on any atom is 0.259 e. The van der Waals surface area contributed by atoms with Crippen molar-refractivity contribution in [2.45, 2.75) is 24.8 Å². The molecule has 7 nitrogen and oxygen atoms in total. The molecule has 3 aromatic heterocycles. The normalized spacial score (nSPS) is 11.4. The highest BCUT2D eigenvalue weighted by molar-refractivity contribution is 7.98. The minimum absolute atomic E-state index is 0.154. The lowest BCUT2D eigenvalue weighted by atomic mass is 10.2. The van der Waals surface area contributed by atoms with Crippen molar-refractivity contribution in [3.8, 4) is 11.4 Å². The molecule has 0 fully saturated rings. The number of thiophene rings is 1. The number of nitrogen functional groups attached to an aromatic ring is 1. The standard InChI is InChI=1S/C17H15FN6OS2/c1-8-9(2)27-16-13(8)15(25)20-12(21-16)7-26-17-23-22-14(24(17)19)10-5-3-4-6-11(10)18/h3-6H,7,19H2,1-2H3,(H,20,21,25). The Morgan fingerprint density at radius 3 is 2.85 bits per heavy atom. The number of nitrogens with zero attached hydrogens (tertiary/aromatic N) is 4. The number of rotatable bonds is 4. The van der Waals surface area contributed by atoms with Crippen LogP contribution in [0.2, 0.25) is 0 Å². The number of fused-ring (bicyclic) bond motifs is 1. The Kier molecular flexibility index (Phi) is 4.44. The first-order valence-corrected chi connectivity index (χ1v) is 9.83. The summed E-state index contributed by atoms with van der Waals surface area (Å²) in [7, 11) is 0. The van der Waals surface area contributed by atoms with Gasteiger partial charge in [-0.15, -0.1) is 21.5 Å². The Bertz CT molecular complexity index is 1210. The first kappa shape index (κ1) is 17.7. The molecule has 10 heteroatoms. The van der Waals surface area contributed by atoms with Crippen molar-refractivity contribution in [1.29, 1.82) is 0 Å². The van der Waals surface area contributed by atoms with Crippen LogP contribution in [0.15, 0.2) is 34.2 Å². The molecule has 0 aliphatic carbocycles. The van der Waals surface area contributed by atoms with E-state index in [1.54, 1.807) is 18.2 Å². The molecule has 0 amide bonds. The third kappa shape index (κ3) is 3.10. The van der Waals surface area contributed by atoms with E-state index >= 15 is 0 Å². The number of nitrogens with one attached hydrogen (secondary N) is 1. The second-order valence-corrected chi connectivity index (χ2v) is 8.07. The molecule has 4 rings (SSSR count). The minimum atomic E-state index is -0.423. The van der Waals surface area contributed by atoms with Crippen LogP contribution in [-0.4, -0.2) is 24.8 Å².